The minimum atomic E-state index is -1.31. The lowest BCUT2D eigenvalue weighted by Crippen LogP contribution is -2.54. The molecule has 15 nitrogen and oxygen atoms in total. The Balaban J connectivity index is 1.84. The molecule has 1 saturated heterocycles. The Kier molecular flexibility index (Phi) is 15.9. The third kappa shape index (κ3) is 11.8. The number of aryl methyl sites for hydroxylation is 1. The van der Waals surface area contributed by atoms with Crippen LogP contribution in [0.2, 0.25) is 0 Å². The second kappa shape index (κ2) is 19.8. The molecule has 51 heavy (non-hydrogen) atoms. The van der Waals surface area contributed by atoms with Crippen molar-refractivity contribution in [1.29, 1.82) is 0 Å². The molecule has 0 aliphatic carbocycles. The number of hydrogen-bond donors (Lipinski definition) is 5. The van der Waals surface area contributed by atoms with Crippen molar-refractivity contribution in [1.82, 2.24) is 25.7 Å². The average molecular weight is 716 g/mol. The molecule has 0 bridgehead atoms. The van der Waals surface area contributed by atoms with E-state index in [-0.39, 0.29) is 54.6 Å². The lowest BCUT2D eigenvalue weighted by molar-refractivity contribution is -0.169. The normalized spacial score (nSPS) is 16.2. The van der Waals surface area contributed by atoms with Crippen LogP contribution in [0.5, 0.6) is 5.75 Å². The van der Waals surface area contributed by atoms with Crippen molar-refractivity contribution in [3.63, 3.8) is 0 Å². The van der Waals surface area contributed by atoms with Crippen molar-refractivity contribution in [2.75, 3.05) is 13.1 Å². The largest absolute Gasteiger partial charge is 0.507 e. The van der Waals surface area contributed by atoms with Gasteiger partial charge in [0.1, 0.15) is 29.7 Å². The van der Waals surface area contributed by atoms with Gasteiger partial charge in [-0.05, 0) is 84.3 Å². The van der Waals surface area contributed by atoms with Gasteiger partial charge in [0, 0.05) is 13.1 Å². The van der Waals surface area contributed by atoms with Crippen molar-refractivity contribution >= 4 is 30.1 Å². The van der Waals surface area contributed by atoms with Gasteiger partial charge in [-0.3, -0.25) is 29.6 Å². The van der Waals surface area contributed by atoms with Crippen LogP contribution in [0.4, 0.5) is 0 Å². The van der Waals surface area contributed by atoms with Crippen LogP contribution in [-0.4, -0.2) is 92.0 Å². The van der Waals surface area contributed by atoms with Gasteiger partial charge in [0.2, 0.25) is 18.2 Å². The molecule has 15 heteroatoms. The smallest absolute Gasteiger partial charge is 0.328 e. The van der Waals surface area contributed by atoms with E-state index in [1.807, 2.05) is 0 Å². The van der Waals surface area contributed by atoms with E-state index in [9.17, 15) is 39.5 Å². The van der Waals surface area contributed by atoms with Gasteiger partial charge in [-0.2, -0.15) is 0 Å². The van der Waals surface area contributed by atoms with Gasteiger partial charge in [-0.1, -0.05) is 44.7 Å². The summed E-state index contributed by atoms with van der Waals surface area (Å²) < 4.78 is 11.7. The molecule has 4 amide bonds. The molecule has 5 N–H and O–H groups in total. The third-order valence-corrected chi connectivity index (χ3v) is 9.18. The van der Waals surface area contributed by atoms with Crippen molar-refractivity contribution in [3.05, 3.63) is 35.7 Å². The molecule has 0 saturated carbocycles. The summed E-state index contributed by atoms with van der Waals surface area (Å²) in [4.78, 5) is 69.1. The molecule has 282 valence electrons. The maximum atomic E-state index is 13.9. The third-order valence-electron chi connectivity index (χ3n) is 9.18. The molecule has 3 atom stereocenters. The van der Waals surface area contributed by atoms with Crippen LogP contribution >= 0.6 is 0 Å². The molecule has 1 aromatic heterocycles. The van der Waals surface area contributed by atoms with Crippen LogP contribution in [0.25, 0.3) is 11.5 Å². The molecule has 1 aliphatic heterocycles. The first-order valence-corrected chi connectivity index (χ1v) is 17.8. The number of phenolic OH excluding ortho intramolecular Hbond substituents is 1. The molecule has 3 rings (SSSR count). The number of nitrogens with zero attached hydrogens (tertiary/aromatic N) is 3. The van der Waals surface area contributed by atoms with Gasteiger partial charge < -0.3 is 24.9 Å². The van der Waals surface area contributed by atoms with E-state index >= 15 is 0 Å². The van der Waals surface area contributed by atoms with Gasteiger partial charge in [0.05, 0.1) is 11.0 Å². The Hall–Kier alpha value is -4.50. The number of carbonyl (C=O) groups excluding carboxylic acids is 5. The fraction of sp³-hybridized carbons (Fsp3) is 0.611. The van der Waals surface area contributed by atoms with Crippen LogP contribution in [0, 0.1) is 12.3 Å². The number of unbranched alkanes of at least 4 members (excludes halogenated alkanes) is 5. The highest BCUT2D eigenvalue weighted by Gasteiger charge is 2.42. The first-order chi connectivity index (χ1) is 24.3. The van der Waals surface area contributed by atoms with Gasteiger partial charge in [0.25, 0.3) is 11.8 Å². The second-order valence-corrected chi connectivity index (χ2v) is 13.6. The number of oxazole rings is 1. The van der Waals surface area contributed by atoms with E-state index in [1.54, 1.807) is 32.0 Å². The van der Waals surface area contributed by atoms with Crippen LogP contribution in [0.1, 0.15) is 114 Å². The van der Waals surface area contributed by atoms with Crippen LogP contribution in [0.3, 0.4) is 0 Å². The van der Waals surface area contributed by atoms with Crippen LogP contribution in [0.15, 0.2) is 28.7 Å². The molecule has 3 unspecified atom stereocenters. The highest BCUT2D eigenvalue weighted by molar-refractivity contribution is 5.96. The molecule has 0 radical (unpaired) electrons. The van der Waals surface area contributed by atoms with Crippen molar-refractivity contribution < 1.29 is 48.6 Å². The fourth-order valence-corrected chi connectivity index (χ4v) is 5.90. The predicted molar refractivity (Wildman–Crippen MR) is 184 cm³/mol. The van der Waals surface area contributed by atoms with Gasteiger partial charge in [0.15, 0.2) is 5.69 Å². The quantitative estimate of drug-likeness (QED) is 0.0418. The summed E-state index contributed by atoms with van der Waals surface area (Å²) in [7, 11) is 0. The number of amides is 4. The number of para-hydroxylation sites is 1. The molecule has 1 aliphatic rings. The van der Waals surface area contributed by atoms with E-state index in [1.165, 1.54) is 13.0 Å². The minimum Gasteiger partial charge on any atom is -0.507 e. The first kappa shape index (κ1) is 40.9. The number of aromatic nitrogens is 1. The zero-order chi connectivity index (χ0) is 37.6. The number of carbonyl (C=O) groups is 5. The summed E-state index contributed by atoms with van der Waals surface area (Å²) in [5.41, 5.74) is -1.14. The molecule has 1 fully saturated rings. The van der Waals surface area contributed by atoms with Gasteiger partial charge >= 0.3 is 5.97 Å². The molecule has 2 aromatic rings. The van der Waals surface area contributed by atoms with Crippen LogP contribution < -0.4 is 10.6 Å². The number of aromatic hydroxyl groups is 1. The zero-order valence-electron chi connectivity index (χ0n) is 30.1. The highest BCUT2D eigenvalue weighted by atomic mass is 16.5. The minimum absolute atomic E-state index is 0.00425. The van der Waals surface area contributed by atoms with E-state index in [2.05, 4.69) is 22.5 Å². The van der Waals surface area contributed by atoms with E-state index in [0.29, 0.717) is 55.1 Å². The number of rotatable bonds is 20. The summed E-state index contributed by atoms with van der Waals surface area (Å²) >= 11 is 0. The van der Waals surface area contributed by atoms with Crippen LogP contribution in [-0.2, 0) is 23.9 Å². The SMILES string of the molecule is CCCCCCCC(OC(=O)C(CCCCN(O)C=O)NC(=O)c1nc(-c2ccccc2O)oc1C)C(C)(C)C(=O)NC1CCCCN(O)C1=O. The maximum absolute atomic E-state index is 13.9. The molecule has 2 heterocycles. The highest BCUT2D eigenvalue weighted by Crippen LogP contribution is 2.31. The molecular formula is C36H53N5O10. The monoisotopic (exact) mass is 715 g/mol. The first-order valence-electron chi connectivity index (χ1n) is 17.8. The summed E-state index contributed by atoms with van der Waals surface area (Å²) in [6, 6.07) is 4.21. The lowest BCUT2D eigenvalue weighted by Gasteiger charge is -2.35. The van der Waals surface area contributed by atoms with E-state index in [4.69, 9.17) is 9.15 Å². The van der Waals surface area contributed by atoms with Gasteiger partial charge in [-0.15, -0.1) is 0 Å². The summed E-state index contributed by atoms with van der Waals surface area (Å²) in [5.74, 6) is -2.58. The lowest BCUT2D eigenvalue weighted by atomic mass is 9.82. The number of phenols is 1. The average Bonchev–Trinajstić information content (AvgIpc) is 3.42. The fourth-order valence-electron chi connectivity index (χ4n) is 5.90. The Bertz CT molecular complexity index is 1480. The van der Waals surface area contributed by atoms with Crippen molar-refractivity contribution in [2.24, 2.45) is 5.41 Å². The topological polar surface area (TPSA) is 212 Å². The van der Waals surface area contributed by atoms with Crippen molar-refractivity contribution in [3.8, 4) is 17.2 Å². The Morgan fingerprint density at radius 3 is 2.53 bits per heavy atom. The summed E-state index contributed by atoms with van der Waals surface area (Å²) in [5, 5.41) is 36.4. The zero-order valence-corrected chi connectivity index (χ0v) is 30.1. The number of nitrogens with one attached hydrogen (secondary N) is 2. The maximum Gasteiger partial charge on any atom is 0.328 e. The Morgan fingerprint density at radius 2 is 1.82 bits per heavy atom. The number of benzene rings is 1. The summed E-state index contributed by atoms with van der Waals surface area (Å²) in [6.45, 7) is 7.06. The molecule has 0 spiro atoms. The number of hydrogen-bond acceptors (Lipinski definition) is 11. The molecule has 1 aromatic carbocycles. The predicted octanol–water partition coefficient (Wildman–Crippen LogP) is 4.66. The Morgan fingerprint density at radius 1 is 1.12 bits per heavy atom. The number of ether oxygens (including phenoxy) is 1. The van der Waals surface area contributed by atoms with E-state index in [0.717, 1.165) is 25.7 Å². The number of hydroxylamine groups is 4. The Labute approximate surface area is 298 Å². The van der Waals surface area contributed by atoms with Gasteiger partial charge in [-0.25, -0.2) is 19.9 Å². The van der Waals surface area contributed by atoms with E-state index < -0.39 is 47.3 Å². The molecular weight excluding hydrogens is 662 g/mol. The standard InChI is InChI=1S/C36H53N5O10/c1-5-6-7-8-9-20-29(36(3,4)35(47)38-26-17-13-15-22-41(49)33(26)45)51-34(46)27(18-12-14-21-40(48)23-42)37-31(44)30-24(2)50-32(39-30)25-16-10-11-19-28(25)43/h10-11,16,19,23,26-27,29,43,48-49H,5-9,12-15,17-18,20-22H2,1-4H3,(H,37,44)(H,38,47). The second-order valence-electron chi connectivity index (χ2n) is 13.6. The number of esters is 1. The van der Waals surface area contributed by atoms with Crippen molar-refractivity contribution in [2.45, 2.75) is 123 Å². The summed E-state index contributed by atoms with van der Waals surface area (Å²) in [6.07, 6.45) is 6.46.